The van der Waals surface area contributed by atoms with Crippen LogP contribution in [0.15, 0.2) is 30.3 Å². The van der Waals surface area contributed by atoms with E-state index in [0.29, 0.717) is 6.04 Å². The highest BCUT2D eigenvalue weighted by atomic mass is 14.9. The number of hydrogen-bond donors (Lipinski definition) is 1. The van der Waals surface area contributed by atoms with Gasteiger partial charge < -0.3 is 5.32 Å². The van der Waals surface area contributed by atoms with Crippen LogP contribution in [0.25, 0.3) is 0 Å². The first-order chi connectivity index (χ1) is 8.21. The molecule has 0 saturated carbocycles. The van der Waals surface area contributed by atoms with Gasteiger partial charge in [-0.2, -0.15) is 0 Å². The number of hydrogen-bond acceptors (Lipinski definition) is 1. The van der Waals surface area contributed by atoms with Crippen LogP contribution in [-0.4, -0.2) is 12.6 Å². The summed E-state index contributed by atoms with van der Waals surface area (Å²) in [5.41, 5.74) is 1.75. The van der Waals surface area contributed by atoms with E-state index in [9.17, 15) is 0 Å². The summed E-state index contributed by atoms with van der Waals surface area (Å²) in [4.78, 5) is 0. The predicted octanol–water partition coefficient (Wildman–Crippen LogP) is 4.13. The molecular formula is C16H27N. The zero-order chi connectivity index (χ0) is 12.7. The summed E-state index contributed by atoms with van der Waals surface area (Å²) >= 11 is 0. The largest absolute Gasteiger partial charge is 0.313 e. The zero-order valence-electron chi connectivity index (χ0n) is 11.8. The van der Waals surface area contributed by atoms with Gasteiger partial charge in [0.2, 0.25) is 0 Å². The lowest BCUT2D eigenvalue weighted by Gasteiger charge is -2.39. The van der Waals surface area contributed by atoms with E-state index in [4.69, 9.17) is 0 Å². The molecule has 17 heavy (non-hydrogen) atoms. The highest BCUT2D eigenvalue weighted by molar-refractivity contribution is 5.27. The maximum Gasteiger partial charge on any atom is 0.0135 e. The Kier molecular flexibility index (Phi) is 5.70. The Balaban J connectivity index is 2.96. The Labute approximate surface area is 107 Å². The maximum atomic E-state index is 3.67. The van der Waals surface area contributed by atoms with Gasteiger partial charge in [0.15, 0.2) is 0 Å². The molecule has 0 aromatic heterocycles. The van der Waals surface area contributed by atoms with E-state index in [1.165, 1.54) is 24.8 Å². The van der Waals surface area contributed by atoms with Crippen molar-refractivity contribution in [2.75, 3.05) is 6.54 Å². The predicted molar refractivity (Wildman–Crippen MR) is 76.5 cm³/mol. The smallest absolute Gasteiger partial charge is 0.0135 e. The van der Waals surface area contributed by atoms with Gasteiger partial charge >= 0.3 is 0 Å². The fraction of sp³-hybridized carbons (Fsp3) is 0.625. The van der Waals surface area contributed by atoms with Crippen LogP contribution in [0.1, 0.15) is 52.5 Å². The van der Waals surface area contributed by atoms with E-state index in [1.807, 2.05) is 0 Å². The summed E-state index contributed by atoms with van der Waals surface area (Å²) in [5.74, 6) is 0. The van der Waals surface area contributed by atoms with Gasteiger partial charge in [0.25, 0.3) is 0 Å². The minimum atomic E-state index is 0.274. The van der Waals surface area contributed by atoms with E-state index < -0.39 is 0 Å². The Morgan fingerprint density at radius 3 is 2.12 bits per heavy atom. The van der Waals surface area contributed by atoms with Crippen LogP contribution in [0.5, 0.6) is 0 Å². The number of benzene rings is 1. The Morgan fingerprint density at radius 2 is 1.65 bits per heavy atom. The molecule has 0 amide bonds. The molecule has 0 heterocycles. The topological polar surface area (TPSA) is 12.0 Å². The summed E-state index contributed by atoms with van der Waals surface area (Å²) in [6.45, 7) is 10.3. The lowest BCUT2D eigenvalue weighted by molar-refractivity contribution is 0.287. The second-order valence-corrected chi connectivity index (χ2v) is 4.91. The van der Waals surface area contributed by atoms with Crippen molar-refractivity contribution >= 4 is 0 Å². The Hall–Kier alpha value is -0.820. The van der Waals surface area contributed by atoms with E-state index in [1.54, 1.807) is 0 Å². The fourth-order valence-corrected chi connectivity index (χ4v) is 2.85. The lowest BCUT2D eigenvalue weighted by atomic mass is 9.70. The molecule has 0 radical (unpaired) electrons. The van der Waals surface area contributed by atoms with Crippen LogP contribution in [0.4, 0.5) is 0 Å². The van der Waals surface area contributed by atoms with Crippen molar-refractivity contribution in [1.82, 2.24) is 5.32 Å². The third kappa shape index (κ3) is 3.10. The van der Waals surface area contributed by atoms with Gasteiger partial charge in [0.05, 0.1) is 0 Å². The third-order valence-corrected chi connectivity index (χ3v) is 4.14. The van der Waals surface area contributed by atoms with E-state index in [0.717, 1.165) is 6.54 Å². The second kappa shape index (κ2) is 6.80. The van der Waals surface area contributed by atoms with Crippen LogP contribution in [0.2, 0.25) is 0 Å². The molecule has 1 aromatic rings. The van der Waals surface area contributed by atoms with Crippen molar-refractivity contribution in [3.8, 4) is 0 Å². The van der Waals surface area contributed by atoms with Gasteiger partial charge in [0, 0.05) is 11.5 Å². The SMILES string of the molecule is CCCNC(C)C(CC)(CC)c1ccccc1. The first kappa shape index (κ1) is 14.2. The average Bonchev–Trinajstić information content (AvgIpc) is 2.39. The molecule has 1 unspecified atom stereocenters. The van der Waals surface area contributed by atoms with Gasteiger partial charge in [-0.15, -0.1) is 0 Å². The van der Waals surface area contributed by atoms with E-state index >= 15 is 0 Å². The number of nitrogens with one attached hydrogen (secondary N) is 1. The minimum Gasteiger partial charge on any atom is -0.313 e. The minimum absolute atomic E-state index is 0.274. The summed E-state index contributed by atoms with van der Waals surface area (Å²) < 4.78 is 0. The Bertz CT molecular complexity index is 301. The van der Waals surface area contributed by atoms with Crippen LogP contribution >= 0.6 is 0 Å². The molecule has 96 valence electrons. The lowest BCUT2D eigenvalue weighted by Crippen LogP contribution is -2.46. The summed E-state index contributed by atoms with van der Waals surface area (Å²) in [5, 5.41) is 3.67. The van der Waals surface area contributed by atoms with Crippen molar-refractivity contribution in [2.45, 2.75) is 58.4 Å². The maximum absolute atomic E-state index is 3.67. The molecule has 0 spiro atoms. The monoisotopic (exact) mass is 233 g/mol. The van der Waals surface area contributed by atoms with Crippen molar-refractivity contribution in [3.63, 3.8) is 0 Å². The molecule has 0 aliphatic heterocycles. The summed E-state index contributed by atoms with van der Waals surface area (Å²) in [6, 6.07) is 11.5. The van der Waals surface area contributed by atoms with Crippen LogP contribution in [0, 0.1) is 0 Å². The molecule has 1 aromatic carbocycles. The van der Waals surface area contributed by atoms with Crippen LogP contribution in [0.3, 0.4) is 0 Å². The highest BCUT2D eigenvalue weighted by Gasteiger charge is 2.33. The second-order valence-electron chi connectivity index (χ2n) is 4.91. The summed E-state index contributed by atoms with van der Waals surface area (Å²) in [6.07, 6.45) is 3.57. The fourth-order valence-electron chi connectivity index (χ4n) is 2.85. The van der Waals surface area contributed by atoms with Gasteiger partial charge in [-0.25, -0.2) is 0 Å². The van der Waals surface area contributed by atoms with Gasteiger partial charge in [-0.1, -0.05) is 51.1 Å². The quantitative estimate of drug-likeness (QED) is 0.746. The zero-order valence-corrected chi connectivity index (χ0v) is 11.8. The Morgan fingerprint density at radius 1 is 1.06 bits per heavy atom. The molecule has 1 N–H and O–H groups in total. The van der Waals surface area contributed by atoms with E-state index in [-0.39, 0.29) is 5.41 Å². The molecular weight excluding hydrogens is 206 g/mol. The average molecular weight is 233 g/mol. The molecule has 1 nitrogen and oxygen atoms in total. The molecule has 0 aliphatic rings. The molecule has 0 saturated heterocycles. The van der Waals surface area contributed by atoms with Crippen LogP contribution < -0.4 is 5.32 Å². The van der Waals surface area contributed by atoms with Gasteiger partial charge in [-0.05, 0) is 38.3 Å². The molecule has 0 aliphatic carbocycles. The van der Waals surface area contributed by atoms with E-state index in [2.05, 4.69) is 63.3 Å². The van der Waals surface area contributed by atoms with Crippen molar-refractivity contribution in [1.29, 1.82) is 0 Å². The van der Waals surface area contributed by atoms with Crippen LogP contribution in [-0.2, 0) is 5.41 Å². The first-order valence-electron chi connectivity index (χ1n) is 7.00. The first-order valence-corrected chi connectivity index (χ1v) is 7.00. The van der Waals surface area contributed by atoms with Crippen molar-refractivity contribution in [3.05, 3.63) is 35.9 Å². The van der Waals surface area contributed by atoms with Gasteiger partial charge in [0.1, 0.15) is 0 Å². The molecule has 0 fully saturated rings. The molecule has 1 atom stereocenters. The summed E-state index contributed by atoms with van der Waals surface area (Å²) in [7, 11) is 0. The van der Waals surface area contributed by atoms with Crippen molar-refractivity contribution in [2.24, 2.45) is 0 Å². The van der Waals surface area contributed by atoms with Crippen molar-refractivity contribution < 1.29 is 0 Å². The number of rotatable bonds is 7. The standard InChI is InChI=1S/C16H27N/c1-5-13-17-14(4)16(6-2,7-3)15-11-9-8-10-12-15/h8-12,14,17H,5-7,13H2,1-4H3. The molecule has 1 heteroatoms. The van der Waals surface area contributed by atoms with Gasteiger partial charge in [-0.3, -0.25) is 0 Å². The third-order valence-electron chi connectivity index (χ3n) is 4.14. The molecule has 0 bridgehead atoms. The molecule has 1 rings (SSSR count). The highest BCUT2D eigenvalue weighted by Crippen LogP contribution is 2.35. The normalized spacial score (nSPS) is 13.6.